The molecule has 0 heterocycles. The summed E-state index contributed by atoms with van der Waals surface area (Å²) in [6.07, 6.45) is 0. The van der Waals surface area contributed by atoms with E-state index < -0.39 is 0 Å². The molecule has 1 amide bonds. The Morgan fingerprint density at radius 2 is 2.06 bits per heavy atom. The average molecular weight is 255 g/mol. The van der Waals surface area contributed by atoms with Crippen molar-refractivity contribution >= 4 is 17.5 Å². The number of nitrogens with zero attached hydrogens (tertiary/aromatic N) is 1. The van der Waals surface area contributed by atoms with Crippen molar-refractivity contribution in [2.24, 2.45) is 5.73 Å². The first-order valence-electron chi connectivity index (χ1n) is 5.64. The van der Waals surface area contributed by atoms with Gasteiger partial charge in [-0.05, 0) is 39.0 Å². The molecule has 0 aliphatic carbocycles. The molecule has 4 heteroatoms. The Morgan fingerprint density at radius 1 is 1.41 bits per heavy atom. The lowest BCUT2D eigenvalue weighted by molar-refractivity contribution is 0.0591. The molecule has 3 nitrogen and oxygen atoms in total. The molecule has 0 aliphatic heterocycles. The van der Waals surface area contributed by atoms with E-state index in [-0.39, 0.29) is 11.4 Å². The lowest BCUT2D eigenvalue weighted by Crippen LogP contribution is -2.47. The van der Waals surface area contributed by atoms with Crippen molar-refractivity contribution in [3.05, 3.63) is 34.9 Å². The normalized spacial score (nSPS) is 11.4. The summed E-state index contributed by atoms with van der Waals surface area (Å²) in [6.45, 7) is 6.96. The number of hydrogen-bond acceptors (Lipinski definition) is 2. The highest BCUT2D eigenvalue weighted by molar-refractivity contribution is 6.30. The number of carbonyl (C=O) groups is 1. The number of nitrogens with two attached hydrogens (primary N) is 1. The molecule has 0 saturated heterocycles. The van der Waals surface area contributed by atoms with Crippen molar-refractivity contribution < 1.29 is 4.79 Å². The first-order valence-corrected chi connectivity index (χ1v) is 6.01. The Balaban J connectivity index is 3.00. The summed E-state index contributed by atoms with van der Waals surface area (Å²) in [6, 6.07) is 6.98. The molecular formula is C13H19ClN2O. The molecule has 0 bridgehead atoms. The van der Waals surface area contributed by atoms with Crippen LogP contribution in [0.15, 0.2) is 24.3 Å². The number of rotatable bonds is 3. The molecule has 0 spiro atoms. The quantitative estimate of drug-likeness (QED) is 0.901. The molecule has 94 valence electrons. The second-order valence-electron chi connectivity index (χ2n) is 4.93. The fourth-order valence-electron chi connectivity index (χ4n) is 1.65. The molecule has 0 aliphatic rings. The molecule has 1 rings (SSSR count). The third kappa shape index (κ3) is 3.72. The third-order valence-electron chi connectivity index (χ3n) is 2.48. The smallest absolute Gasteiger partial charge is 0.254 e. The maximum atomic E-state index is 12.3. The van der Waals surface area contributed by atoms with Gasteiger partial charge in [-0.1, -0.05) is 17.7 Å². The van der Waals surface area contributed by atoms with Crippen molar-refractivity contribution in [1.82, 2.24) is 4.90 Å². The lowest BCUT2D eigenvalue weighted by Gasteiger charge is -2.35. The molecule has 0 atom stereocenters. The second kappa shape index (κ2) is 5.52. The maximum absolute atomic E-state index is 12.3. The number of benzene rings is 1. The standard InChI is InChI=1S/C13H19ClN2O/c1-13(2,3)16(8-7-15)12(17)10-5-4-6-11(14)9-10/h4-6,9H,7-8,15H2,1-3H3. The van der Waals surface area contributed by atoms with Gasteiger partial charge in [0.1, 0.15) is 0 Å². The van der Waals surface area contributed by atoms with E-state index in [0.717, 1.165) is 0 Å². The van der Waals surface area contributed by atoms with Gasteiger partial charge in [-0.3, -0.25) is 4.79 Å². The predicted octanol–water partition coefficient (Wildman–Crippen LogP) is 2.54. The van der Waals surface area contributed by atoms with Crippen LogP contribution in [-0.4, -0.2) is 29.4 Å². The van der Waals surface area contributed by atoms with Gasteiger partial charge in [0.2, 0.25) is 0 Å². The minimum atomic E-state index is -0.251. The summed E-state index contributed by atoms with van der Waals surface area (Å²) in [5.74, 6) is -0.0366. The van der Waals surface area contributed by atoms with Gasteiger partial charge in [0, 0.05) is 29.2 Å². The summed E-state index contributed by atoms with van der Waals surface area (Å²) >= 11 is 5.89. The van der Waals surface area contributed by atoms with Crippen molar-refractivity contribution in [2.45, 2.75) is 26.3 Å². The molecule has 17 heavy (non-hydrogen) atoms. The highest BCUT2D eigenvalue weighted by Gasteiger charge is 2.26. The number of halogens is 1. The Labute approximate surface area is 108 Å². The summed E-state index contributed by atoms with van der Waals surface area (Å²) in [4.78, 5) is 14.1. The van der Waals surface area contributed by atoms with Crippen LogP contribution in [0, 0.1) is 0 Å². The molecule has 0 radical (unpaired) electrons. The van der Waals surface area contributed by atoms with Gasteiger partial charge in [-0.2, -0.15) is 0 Å². The van der Waals surface area contributed by atoms with Gasteiger partial charge in [0.15, 0.2) is 0 Å². The molecular weight excluding hydrogens is 236 g/mol. The molecule has 0 fully saturated rings. The monoisotopic (exact) mass is 254 g/mol. The minimum Gasteiger partial charge on any atom is -0.333 e. The van der Waals surface area contributed by atoms with Crippen LogP contribution >= 0.6 is 11.6 Å². The fraction of sp³-hybridized carbons (Fsp3) is 0.462. The minimum absolute atomic E-state index is 0.0366. The van der Waals surface area contributed by atoms with Crippen LogP contribution in [0.2, 0.25) is 5.02 Å². The molecule has 1 aromatic rings. The third-order valence-corrected chi connectivity index (χ3v) is 2.71. The van der Waals surface area contributed by atoms with Crippen molar-refractivity contribution in [1.29, 1.82) is 0 Å². The molecule has 0 aromatic heterocycles. The summed E-state index contributed by atoms with van der Waals surface area (Å²) in [7, 11) is 0. The zero-order valence-electron chi connectivity index (χ0n) is 10.5. The van der Waals surface area contributed by atoms with Crippen molar-refractivity contribution in [2.75, 3.05) is 13.1 Å². The highest BCUT2D eigenvalue weighted by Crippen LogP contribution is 2.18. The largest absolute Gasteiger partial charge is 0.333 e. The fourth-order valence-corrected chi connectivity index (χ4v) is 1.84. The summed E-state index contributed by atoms with van der Waals surface area (Å²) < 4.78 is 0. The number of hydrogen-bond donors (Lipinski definition) is 1. The van der Waals surface area contributed by atoms with E-state index in [2.05, 4.69) is 0 Å². The highest BCUT2D eigenvalue weighted by atomic mass is 35.5. The van der Waals surface area contributed by atoms with E-state index in [9.17, 15) is 4.79 Å². The van der Waals surface area contributed by atoms with Gasteiger partial charge in [0.05, 0.1) is 0 Å². The Kier molecular flexibility index (Phi) is 4.54. The van der Waals surface area contributed by atoms with Gasteiger partial charge in [0.25, 0.3) is 5.91 Å². The number of carbonyl (C=O) groups excluding carboxylic acids is 1. The zero-order valence-corrected chi connectivity index (χ0v) is 11.3. The van der Waals surface area contributed by atoms with Crippen LogP contribution in [0.4, 0.5) is 0 Å². The van der Waals surface area contributed by atoms with E-state index in [0.29, 0.717) is 23.7 Å². The predicted molar refractivity (Wildman–Crippen MR) is 71.3 cm³/mol. The van der Waals surface area contributed by atoms with E-state index in [1.54, 1.807) is 29.2 Å². The molecule has 0 saturated carbocycles. The zero-order chi connectivity index (χ0) is 13.1. The van der Waals surface area contributed by atoms with Gasteiger partial charge in [-0.25, -0.2) is 0 Å². The SMILES string of the molecule is CC(C)(C)N(CCN)C(=O)c1cccc(Cl)c1. The molecule has 0 unspecified atom stereocenters. The first kappa shape index (κ1) is 14.0. The average Bonchev–Trinajstić information content (AvgIpc) is 2.23. The Hall–Kier alpha value is -1.06. The van der Waals surface area contributed by atoms with Gasteiger partial charge in [-0.15, -0.1) is 0 Å². The van der Waals surface area contributed by atoms with Crippen LogP contribution in [-0.2, 0) is 0 Å². The van der Waals surface area contributed by atoms with E-state index in [4.69, 9.17) is 17.3 Å². The molecule has 1 aromatic carbocycles. The van der Waals surface area contributed by atoms with Crippen LogP contribution in [0.25, 0.3) is 0 Å². The van der Waals surface area contributed by atoms with Crippen LogP contribution in [0.3, 0.4) is 0 Å². The van der Waals surface area contributed by atoms with Crippen molar-refractivity contribution in [3.8, 4) is 0 Å². The Morgan fingerprint density at radius 3 is 2.53 bits per heavy atom. The summed E-state index contributed by atoms with van der Waals surface area (Å²) in [5, 5.41) is 0.567. The van der Waals surface area contributed by atoms with Gasteiger partial charge >= 0.3 is 0 Å². The Bertz CT molecular complexity index is 399. The lowest BCUT2D eigenvalue weighted by atomic mass is 10.0. The van der Waals surface area contributed by atoms with E-state index in [1.165, 1.54) is 0 Å². The van der Waals surface area contributed by atoms with E-state index >= 15 is 0 Å². The summed E-state index contributed by atoms with van der Waals surface area (Å²) in [5.41, 5.74) is 5.90. The number of amides is 1. The van der Waals surface area contributed by atoms with Crippen LogP contribution in [0.1, 0.15) is 31.1 Å². The maximum Gasteiger partial charge on any atom is 0.254 e. The van der Waals surface area contributed by atoms with Crippen LogP contribution in [0.5, 0.6) is 0 Å². The molecule has 2 N–H and O–H groups in total. The first-order chi connectivity index (χ1) is 7.86. The van der Waals surface area contributed by atoms with Gasteiger partial charge < -0.3 is 10.6 Å². The topological polar surface area (TPSA) is 46.3 Å². The van der Waals surface area contributed by atoms with Crippen LogP contribution < -0.4 is 5.73 Å². The second-order valence-corrected chi connectivity index (χ2v) is 5.36. The van der Waals surface area contributed by atoms with E-state index in [1.807, 2.05) is 20.8 Å². The van der Waals surface area contributed by atoms with Crippen molar-refractivity contribution in [3.63, 3.8) is 0 Å².